The second kappa shape index (κ2) is 5.27. The lowest BCUT2D eigenvalue weighted by Gasteiger charge is -2.11. The number of hydrogen-bond acceptors (Lipinski definition) is 2. The van der Waals surface area contributed by atoms with Gasteiger partial charge in [-0.2, -0.15) is 0 Å². The van der Waals surface area contributed by atoms with E-state index in [1.807, 2.05) is 38.1 Å². The smallest absolute Gasteiger partial charge is 0.207 e. The Balaban J connectivity index is 2.37. The van der Waals surface area contributed by atoms with Gasteiger partial charge in [0.05, 0.1) is 6.04 Å². The van der Waals surface area contributed by atoms with E-state index >= 15 is 0 Å². The molecule has 1 rings (SSSR count). The molecular weight excluding hydrogens is 178 g/mol. The van der Waals surface area contributed by atoms with E-state index in [0.29, 0.717) is 13.0 Å². The molecule has 0 bridgehead atoms. The fourth-order valence-corrected chi connectivity index (χ4v) is 1.02. The summed E-state index contributed by atoms with van der Waals surface area (Å²) >= 11 is 0. The number of carbonyl (C=O) groups excluding carboxylic acids is 1. The molecule has 14 heavy (non-hydrogen) atoms. The molecule has 0 saturated heterocycles. The predicted octanol–water partition coefficient (Wildman–Crippen LogP) is 1.51. The standard InChI is InChI=1S/C11H15NO2/c1-9-3-5-11(6-4-9)14-7-10(2)12-8-13/h3-6,8,10H,7H2,1-2H3,(H,12,13). The third kappa shape index (κ3) is 3.47. The highest BCUT2D eigenvalue weighted by Crippen LogP contribution is 2.11. The second-order valence-electron chi connectivity index (χ2n) is 3.31. The molecule has 0 aliphatic rings. The Morgan fingerprint density at radius 2 is 2.07 bits per heavy atom. The zero-order valence-electron chi connectivity index (χ0n) is 8.49. The first-order valence-electron chi connectivity index (χ1n) is 4.61. The summed E-state index contributed by atoms with van der Waals surface area (Å²) in [6.45, 7) is 4.41. The highest BCUT2D eigenvalue weighted by molar-refractivity contribution is 5.46. The Morgan fingerprint density at radius 3 is 2.64 bits per heavy atom. The van der Waals surface area contributed by atoms with Crippen molar-refractivity contribution in [3.05, 3.63) is 29.8 Å². The molecule has 0 aliphatic heterocycles. The average Bonchev–Trinajstić information content (AvgIpc) is 2.17. The number of ether oxygens (including phenoxy) is 1. The Labute approximate surface area is 84.1 Å². The molecule has 3 heteroatoms. The first-order chi connectivity index (χ1) is 6.72. The largest absolute Gasteiger partial charge is 0.491 e. The van der Waals surface area contributed by atoms with Crippen molar-refractivity contribution in [3.63, 3.8) is 0 Å². The molecule has 0 heterocycles. The maximum Gasteiger partial charge on any atom is 0.207 e. The van der Waals surface area contributed by atoms with Gasteiger partial charge in [-0.3, -0.25) is 4.79 Å². The van der Waals surface area contributed by atoms with Gasteiger partial charge in [-0.1, -0.05) is 17.7 Å². The van der Waals surface area contributed by atoms with Crippen LogP contribution in [0.25, 0.3) is 0 Å². The van der Waals surface area contributed by atoms with E-state index < -0.39 is 0 Å². The van der Waals surface area contributed by atoms with Crippen molar-refractivity contribution in [1.82, 2.24) is 5.32 Å². The van der Waals surface area contributed by atoms with Gasteiger partial charge in [0, 0.05) is 0 Å². The van der Waals surface area contributed by atoms with Crippen molar-refractivity contribution in [3.8, 4) is 5.75 Å². The predicted molar refractivity (Wildman–Crippen MR) is 55.3 cm³/mol. The molecule has 1 unspecified atom stereocenters. The van der Waals surface area contributed by atoms with E-state index in [-0.39, 0.29) is 6.04 Å². The summed E-state index contributed by atoms with van der Waals surface area (Å²) in [6.07, 6.45) is 0.684. The number of amides is 1. The lowest BCUT2D eigenvalue weighted by atomic mass is 10.2. The van der Waals surface area contributed by atoms with Crippen LogP contribution < -0.4 is 10.1 Å². The fourth-order valence-electron chi connectivity index (χ4n) is 1.02. The van der Waals surface area contributed by atoms with E-state index in [1.54, 1.807) is 0 Å². The van der Waals surface area contributed by atoms with Crippen LogP contribution in [0.2, 0.25) is 0 Å². The van der Waals surface area contributed by atoms with Gasteiger partial charge in [-0.15, -0.1) is 0 Å². The number of nitrogens with one attached hydrogen (secondary N) is 1. The summed E-state index contributed by atoms with van der Waals surface area (Å²) in [6, 6.07) is 7.86. The molecular formula is C11H15NO2. The Bertz CT molecular complexity index is 282. The molecule has 0 saturated carbocycles. The van der Waals surface area contributed by atoms with Crippen molar-refractivity contribution in [2.75, 3.05) is 6.61 Å². The van der Waals surface area contributed by atoms with Gasteiger partial charge in [0.2, 0.25) is 6.41 Å². The molecule has 1 atom stereocenters. The molecule has 0 radical (unpaired) electrons. The normalized spacial score (nSPS) is 11.9. The molecule has 1 N–H and O–H groups in total. The van der Waals surface area contributed by atoms with Crippen LogP contribution in [0.4, 0.5) is 0 Å². The molecule has 0 spiro atoms. The SMILES string of the molecule is Cc1ccc(OCC(C)NC=O)cc1. The van der Waals surface area contributed by atoms with Crippen LogP contribution in [0.1, 0.15) is 12.5 Å². The zero-order chi connectivity index (χ0) is 10.4. The number of hydrogen-bond donors (Lipinski definition) is 1. The Kier molecular flexibility index (Phi) is 3.98. The third-order valence-electron chi connectivity index (χ3n) is 1.87. The maximum atomic E-state index is 10.1. The number of aryl methyl sites for hydroxylation is 1. The summed E-state index contributed by atoms with van der Waals surface area (Å²) in [4.78, 5) is 10.1. The van der Waals surface area contributed by atoms with Crippen molar-refractivity contribution < 1.29 is 9.53 Å². The minimum absolute atomic E-state index is 0.0359. The zero-order valence-corrected chi connectivity index (χ0v) is 8.49. The highest BCUT2D eigenvalue weighted by atomic mass is 16.5. The van der Waals surface area contributed by atoms with Crippen LogP contribution in [-0.2, 0) is 4.79 Å². The van der Waals surface area contributed by atoms with Gasteiger partial charge >= 0.3 is 0 Å². The first kappa shape index (κ1) is 10.6. The molecule has 1 aromatic carbocycles. The van der Waals surface area contributed by atoms with Gasteiger partial charge in [0.25, 0.3) is 0 Å². The van der Waals surface area contributed by atoms with Crippen LogP contribution in [0.3, 0.4) is 0 Å². The fraction of sp³-hybridized carbons (Fsp3) is 0.364. The van der Waals surface area contributed by atoms with Crippen LogP contribution >= 0.6 is 0 Å². The number of benzene rings is 1. The van der Waals surface area contributed by atoms with Crippen LogP contribution in [-0.4, -0.2) is 19.1 Å². The van der Waals surface area contributed by atoms with E-state index in [4.69, 9.17) is 4.74 Å². The van der Waals surface area contributed by atoms with Gasteiger partial charge in [0.1, 0.15) is 12.4 Å². The number of carbonyl (C=O) groups is 1. The molecule has 1 amide bonds. The van der Waals surface area contributed by atoms with Gasteiger partial charge in [0.15, 0.2) is 0 Å². The van der Waals surface area contributed by atoms with E-state index in [9.17, 15) is 4.79 Å². The van der Waals surface area contributed by atoms with E-state index in [0.717, 1.165) is 5.75 Å². The Hall–Kier alpha value is -1.51. The monoisotopic (exact) mass is 193 g/mol. The molecule has 0 fully saturated rings. The highest BCUT2D eigenvalue weighted by Gasteiger charge is 2.00. The lowest BCUT2D eigenvalue weighted by molar-refractivity contribution is -0.110. The average molecular weight is 193 g/mol. The van der Waals surface area contributed by atoms with Crippen LogP contribution in [0, 0.1) is 6.92 Å². The minimum Gasteiger partial charge on any atom is -0.491 e. The van der Waals surface area contributed by atoms with Crippen molar-refractivity contribution >= 4 is 6.41 Å². The van der Waals surface area contributed by atoms with E-state index in [1.165, 1.54) is 5.56 Å². The van der Waals surface area contributed by atoms with Gasteiger partial charge in [-0.25, -0.2) is 0 Å². The number of rotatable bonds is 5. The molecule has 76 valence electrons. The van der Waals surface area contributed by atoms with Crippen molar-refractivity contribution in [2.24, 2.45) is 0 Å². The molecule has 3 nitrogen and oxygen atoms in total. The van der Waals surface area contributed by atoms with Crippen molar-refractivity contribution in [2.45, 2.75) is 19.9 Å². The summed E-state index contributed by atoms with van der Waals surface area (Å²) in [5.74, 6) is 0.829. The molecule has 0 aliphatic carbocycles. The van der Waals surface area contributed by atoms with Crippen molar-refractivity contribution in [1.29, 1.82) is 0 Å². The first-order valence-corrected chi connectivity index (χ1v) is 4.61. The summed E-state index contributed by atoms with van der Waals surface area (Å²) in [5.41, 5.74) is 1.21. The second-order valence-corrected chi connectivity index (χ2v) is 3.31. The summed E-state index contributed by atoms with van der Waals surface area (Å²) < 4.78 is 5.45. The lowest BCUT2D eigenvalue weighted by Crippen LogP contribution is -2.30. The quantitative estimate of drug-likeness (QED) is 0.720. The molecule has 0 aromatic heterocycles. The van der Waals surface area contributed by atoms with E-state index in [2.05, 4.69) is 5.32 Å². The minimum atomic E-state index is 0.0359. The Morgan fingerprint density at radius 1 is 1.43 bits per heavy atom. The van der Waals surface area contributed by atoms with Gasteiger partial charge < -0.3 is 10.1 Å². The van der Waals surface area contributed by atoms with Crippen LogP contribution in [0.15, 0.2) is 24.3 Å². The van der Waals surface area contributed by atoms with Gasteiger partial charge in [-0.05, 0) is 26.0 Å². The van der Waals surface area contributed by atoms with Crippen LogP contribution in [0.5, 0.6) is 5.75 Å². The third-order valence-corrected chi connectivity index (χ3v) is 1.87. The summed E-state index contributed by atoms with van der Waals surface area (Å²) in [7, 11) is 0. The maximum absolute atomic E-state index is 10.1. The summed E-state index contributed by atoms with van der Waals surface area (Å²) in [5, 5.41) is 2.62. The molecule has 1 aromatic rings. The topological polar surface area (TPSA) is 38.3 Å².